The van der Waals surface area contributed by atoms with E-state index in [9.17, 15) is 4.79 Å². The number of halogens is 1. The van der Waals surface area contributed by atoms with Crippen molar-refractivity contribution in [3.63, 3.8) is 0 Å². The normalized spacial score (nSPS) is 10.1. The van der Waals surface area contributed by atoms with E-state index >= 15 is 0 Å². The number of hydrogen-bond donors (Lipinski definition) is 3. The summed E-state index contributed by atoms with van der Waals surface area (Å²) in [6.45, 7) is 0. The lowest BCUT2D eigenvalue weighted by atomic mass is 10.3. The molecule has 5 nitrogen and oxygen atoms in total. The zero-order valence-electron chi connectivity index (χ0n) is 9.35. The first-order chi connectivity index (χ1) is 8.56. The highest BCUT2D eigenvalue weighted by molar-refractivity contribution is 9.10. The van der Waals surface area contributed by atoms with Crippen LogP contribution < -0.4 is 16.8 Å². The summed E-state index contributed by atoms with van der Waals surface area (Å²) in [4.78, 5) is 15.1. The van der Waals surface area contributed by atoms with Gasteiger partial charge in [0.15, 0.2) is 5.82 Å². The Hall–Kier alpha value is -2.08. The van der Waals surface area contributed by atoms with Gasteiger partial charge in [0.2, 0.25) is 0 Å². The van der Waals surface area contributed by atoms with Crippen molar-refractivity contribution in [3.05, 3.63) is 46.6 Å². The summed E-state index contributed by atoms with van der Waals surface area (Å²) in [5.74, 6) is -0.178. The minimum atomic E-state index is -0.589. The van der Waals surface area contributed by atoms with Crippen LogP contribution in [0.5, 0.6) is 0 Å². The number of nitrogen functional groups attached to an aromatic ring is 1. The van der Waals surface area contributed by atoms with Crippen LogP contribution in [0.25, 0.3) is 0 Å². The number of aromatic nitrogens is 1. The molecule has 0 unspecified atom stereocenters. The molecule has 0 saturated carbocycles. The van der Waals surface area contributed by atoms with E-state index in [1.54, 1.807) is 6.07 Å². The van der Waals surface area contributed by atoms with Crippen molar-refractivity contribution >= 4 is 39.0 Å². The Morgan fingerprint density at radius 2 is 1.83 bits per heavy atom. The first kappa shape index (κ1) is 12.4. The van der Waals surface area contributed by atoms with E-state index in [0.29, 0.717) is 11.5 Å². The summed E-state index contributed by atoms with van der Waals surface area (Å²) >= 11 is 3.35. The molecule has 0 fully saturated rings. The standard InChI is InChI=1S/C12H11BrN4O/c13-7-1-3-8(4-2-7)16-12-9(14)5-6-10(17-12)11(15)18/h1-6H,14H2,(H2,15,18)(H,16,17). The van der Waals surface area contributed by atoms with E-state index in [4.69, 9.17) is 11.5 Å². The van der Waals surface area contributed by atoms with Crippen molar-refractivity contribution < 1.29 is 4.79 Å². The molecule has 0 bridgehead atoms. The zero-order chi connectivity index (χ0) is 13.1. The molecule has 1 heterocycles. The Bertz CT molecular complexity index is 583. The molecule has 1 amide bonds. The topological polar surface area (TPSA) is 94.0 Å². The SMILES string of the molecule is NC(=O)c1ccc(N)c(Nc2ccc(Br)cc2)n1. The minimum Gasteiger partial charge on any atom is -0.396 e. The molecule has 1 aromatic carbocycles. The molecule has 0 atom stereocenters. The number of primary amides is 1. The third kappa shape index (κ3) is 2.78. The molecule has 2 aromatic rings. The molecule has 0 aliphatic rings. The first-order valence-corrected chi connectivity index (χ1v) is 5.94. The Morgan fingerprint density at radius 1 is 1.17 bits per heavy atom. The number of pyridine rings is 1. The summed E-state index contributed by atoms with van der Waals surface area (Å²) in [5.41, 5.74) is 12.4. The first-order valence-electron chi connectivity index (χ1n) is 5.15. The molecule has 0 radical (unpaired) electrons. The van der Waals surface area contributed by atoms with Gasteiger partial charge >= 0.3 is 0 Å². The smallest absolute Gasteiger partial charge is 0.267 e. The maximum Gasteiger partial charge on any atom is 0.267 e. The van der Waals surface area contributed by atoms with Crippen molar-refractivity contribution in [1.82, 2.24) is 4.98 Å². The number of rotatable bonds is 3. The average Bonchev–Trinajstić information content (AvgIpc) is 2.34. The van der Waals surface area contributed by atoms with Crippen LogP contribution in [0.4, 0.5) is 17.2 Å². The van der Waals surface area contributed by atoms with Gasteiger partial charge in [-0.1, -0.05) is 15.9 Å². The van der Waals surface area contributed by atoms with E-state index in [2.05, 4.69) is 26.2 Å². The third-order valence-corrected chi connectivity index (χ3v) is 2.81. The number of carbonyl (C=O) groups is 1. The highest BCUT2D eigenvalue weighted by Crippen LogP contribution is 2.22. The number of amides is 1. The number of benzene rings is 1. The number of nitrogens with one attached hydrogen (secondary N) is 1. The number of nitrogens with zero attached hydrogens (tertiary/aromatic N) is 1. The predicted octanol–water partition coefficient (Wildman–Crippen LogP) is 2.27. The number of carbonyl (C=O) groups excluding carboxylic acids is 1. The summed E-state index contributed by atoms with van der Waals surface area (Å²) in [7, 11) is 0. The maximum atomic E-state index is 11.0. The van der Waals surface area contributed by atoms with E-state index in [-0.39, 0.29) is 5.69 Å². The van der Waals surface area contributed by atoms with Gasteiger partial charge in [0.05, 0.1) is 5.69 Å². The lowest BCUT2D eigenvalue weighted by Gasteiger charge is -2.09. The molecule has 92 valence electrons. The van der Waals surface area contributed by atoms with Crippen LogP contribution in [0.15, 0.2) is 40.9 Å². The van der Waals surface area contributed by atoms with Gasteiger partial charge in [-0.25, -0.2) is 4.98 Å². The molecule has 18 heavy (non-hydrogen) atoms. The fourth-order valence-electron chi connectivity index (χ4n) is 1.38. The van der Waals surface area contributed by atoms with Crippen LogP contribution in [0.3, 0.4) is 0 Å². The van der Waals surface area contributed by atoms with Gasteiger partial charge in [-0.15, -0.1) is 0 Å². The highest BCUT2D eigenvalue weighted by Gasteiger charge is 2.07. The van der Waals surface area contributed by atoms with Crippen LogP contribution in [0, 0.1) is 0 Å². The predicted molar refractivity (Wildman–Crippen MR) is 74.6 cm³/mol. The second-order valence-corrected chi connectivity index (χ2v) is 4.55. The zero-order valence-corrected chi connectivity index (χ0v) is 10.9. The Kier molecular flexibility index (Phi) is 3.47. The van der Waals surface area contributed by atoms with Gasteiger partial charge in [0.1, 0.15) is 5.69 Å². The van der Waals surface area contributed by atoms with Crippen molar-refractivity contribution in [2.45, 2.75) is 0 Å². The second-order valence-electron chi connectivity index (χ2n) is 3.63. The summed E-state index contributed by atoms with van der Waals surface area (Å²) in [6, 6.07) is 10.6. The molecule has 6 heteroatoms. The van der Waals surface area contributed by atoms with Crippen LogP contribution in [-0.4, -0.2) is 10.9 Å². The third-order valence-electron chi connectivity index (χ3n) is 2.29. The van der Waals surface area contributed by atoms with Crippen LogP contribution in [-0.2, 0) is 0 Å². The van der Waals surface area contributed by atoms with Gasteiger partial charge in [-0.05, 0) is 36.4 Å². The fourth-order valence-corrected chi connectivity index (χ4v) is 1.64. The van der Waals surface area contributed by atoms with Gasteiger partial charge in [-0.3, -0.25) is 4.79 Å². The molecule has 0 spiro atoms. The molecule has 1 aromatic heterocycles. The van der Waals surface area contributed by atoms with Crippen LogP contribution in [0.1, 0.15) is 10.5 Å². The lowest BCUT2D eigenvalue weighted by molar-refractivity contribution is 0.0996. The average molecular weight is 307 g/mol. The van der Waals surface area contributed by atoms with Gasteiger partial charge < -0.3 is 16.8 Å². The molecule has 0 saturated heterocycles. The summed E-state index contributed by atoms with van der Waals surface area (Å²) in [6.07, 6.45) is 0. The van der Waals surface area contributed by atoms with Crippen LogP contribution in [0.2, 0.25) is 0 Å². The summed E-state index contributed by atoms with van der Waals surface area (Å²) < 4.78 is 0.972. The second kappa shape index (κ2) is 5.05. The van der Waals surface area contributed by atoms with Crippen LogP contribution >= 0.6 is 15.9 Å². The number of anilines is 3. The van der Waals surface area contributed by atoms with E-state index in [1.165, 1.54) is 6.07 Å². The molecule has 2 rings (SSSR count). The van der Waals surface area contributed by atoms with Crippen molar-refractivity contribution in [2.24, 2.45) is 5.73 Å². The van der Waals surface area contributed by atoms with E-state index in [0.717, 1.165) is 10.2 Å². The Labute approximate surface area is 112 Å². The molecular formula is C12H11BrN4O. The summed E-state index contributed by atoms with van der Waals surface area (Å²) in [5, 5.41) is 3.03. The molecule has 0 aliphatic heterocycles. The Balaban J connectivity index is 2.30. The van der Waals surface area contributed by atoms with Crippen molar-refractivity contribution in [2.75, 3.05) is 11.1 Å². The van der Waals surface area contributed by atoms with Gasteiger partial charge in [-0.2, -0.15) is 0 Å². The molecular weight excluding hydrogens is 296 g/mol. The molecule has 0 aliphatic carbocycles. The van der Waals surface area contributed by atoms with Crippen molar-refractivity contribution in [1.29, 1.82) is 0 Å². The lowest BCUT2D eigenvalue weighted by Crippen LogP contribution is -2.14. The van der Waals surface area contributed by atoms with E-state index in [1.807, 2.05) is 24.3 Å². The number of hydrogen-bond acceptors (Lipinski definition) is 4. The maximum absolute atomic E-state index is 11.0. The van der Waals surface area contributed by atoms with Gasteiger partial charge in [0, 0.05) is 10.2 Å². The van der Waals surface area contributed by atoms with E-state index < -0.39 is 5.91 Å². The Morgan fingerprint density at radius 3 is 2.44 bits per heavy atom. The van der Waals surface area contributed by atoms with Gasteiger partial charge in [0.25, 0.3) is 5.91 Å². The fraction of sp³-hybridized carbons (Fsp3) is 0. The minimum absolute atomic E-state index is 0.170. The largest absolute Gasteiger partial charge is 0.396 e. The molecule has 5 N–H and O–H groups in total. The highest BCUT2D eigenvalue weighted by atomic mass is 79.9. The number of nitrogens with two attached hydrogens (primary N) is 2. The van der Waals surface area contributed by atoms with Crippen molar-refractivity contribution in [3.8, 4) is 0 Å². The quantitative estimate of drug-likeness (QED) is 0.810. The monoisotopic (exact) mass is 306 g/mol.